The molecule has 1 fully saturated rings. The molecular weight excluding hydrogens is 314 g/mol. The minimum atomic E-state index is -0.0488. The van der Waals surface area contributed by atoms with E-state index in [0.717, 1.165) is 31.7 Å². The van der Waals surface area contributed by atoms with E-state index in [1.807, 2.05) is 6.92 Å². The normalized spacial score (nSPS) is 16.7. The van der Waals surface area contributed by atoms with Gasteiger partial charge in [-0.2, -0.15) is 5.10 Å². The van der Waals surface area contributed by atoms with Crippen molar-refractivity contribution in [1.29, 1.82) is 0 Å². The molecule has 2 aromatic rings. The van der Waals surface area contributed by atoms with Gasteiger partial charge in [0.1, 0.15) is 5.69 Å². The summed E-state index contributed by atoms with van der Waals surface area (Å²) in [5, 5.41) is 7.18. The van der Waals surface area contributed by atoms with Crippen LogP contribution >= 0.6 is 0 Å². The SMILES string of the molecule is Cc1cnn(C)c1C(=O)NCC(C)N1CCN(c2ccccc2)CC1. The molecule has 1 aliphatic rings. The van der Waals surface area contributed by atoms with Crippen molar-refractivity contribution in [3.63, 3.8) is 0 Å². The molecule has 1 aromatic carbocycles. The first-order valence-electron chi connectivity index (χ1n) is 8.87. The quantitative estimate of drug-likeness (QED) is 0.899. The number of nitrogens with zero attached hydrogens (tertiary/aromatic N) is 4. The predicted molar refractivity (Wildman–Crippen MR) is 100.0 cm³/mol. The van der Waals surface area contributed by atoms with Crippen molar-refractivity contribution in [2.75, 3.05) is 37.6 Å². The second-order valence-corrected chi connectivity index (χ2v) is 6.72. The first kappa shape index (κ1) is 17.5. The number of aryl methyl sites for hydroxylation is 2. The number of piperazine rings is 1. The van der Waals surface area contributed by atoms with Crippen LogP contribution in [0, 0.1) is 6.92 Å². The molecular formula is C19H27N5O. The van der Waals surface area contributed by atoms with Gasteiger partial charge in [0.2, 0.25) is 0 Å². The van der Waals surface area contributed by atoms with Crippen LogP contribution in [0.3, 0.4) is 0 Å². The number of carbonyl (C=O) groups is 1. The Morgan fingerprint density at radius 2 is 1.88 bits per heavy atom. The molecule has 1 N–H and O–H groups in total. The lowest BCUT2D eigenvalue weighted by molar-refractivity contribution is 0.0924. The van der Waals surface area contributed by atoms with E-state index in [4.69, 9.17) is 0 Å². The van der Waals surface area contributed by atoms with E-state index in [1.54, 1.807) is 17.9 Å². The average molecular weight is 341 g/mol. The summed E-state index contributed by atoms with van der Waals surface area (Å²) in [6.45, 7) is 8.79. The zero-order chi connectivity index (χ0) is 17.8. The maximum absolute atomic E-state index is 12.4. The zero-order valence-corrected chi connectivity index (χ0v) is 15.3. The standard InChI is InChI=1S/C19H27N5O/c1-15-13-21-22(3)18(15)19(25)20-14-16(2)23-9-11-24(12-10-23)17-7-5-4-6-8-17/h4-8,13,16H,9-12,14H2,1-3H3,(H,20,25). The van der Waals surface area contributed by atoms with Gasteiger partial charge in [-0.05, 0) is 31.5 Å². The lowest BCUT2D eigenvalue weighted by Crippen LogP contribution is -2.52. The van der Waals surface area contributed by atoms with E-state index in [1.165, 1.54) is 5.69 Å². The maximum Gasteiger partial charge on any atom is 0.269 e. The van der Waals surface area contributed by atoms with Crippen molar-refractivity contribution < 1.29 is 4.79 Å². The molecule has 0 spiro atoms. The molecule has 0 saturated carbocycles. The van der Waals surface area contributed by atoms with Crippen LogP contribution in [0.15, 0.2) is 36.5 Å². The van der Waals surface area contributed by atoms with Crippen LogP contribution in [0.5, 0.6) is 0 Å². The fourth-order valence-electron chi connectivity index (χ4n) is 3.39. The minimum absolute atomic E-state index is 0.0488. The van der Waals surface area contributed by atoms with Crippen LogP contribution in [-0.2, 0) is 7.05 Å². The summed E-state index contributed by atoms with van der Waals surface area (Å²) in [7, 11) is 1.80. The van der Waals surface area contributed by atoms with Gasteiger partial charge in [0.15, 0.2) is 0 Å². The van der Waals surface area contributed by atoms with Crippen molar-refractivity contribution in [2.45, 2.75) is 19.9 Å². The van der Waals surface area contributed by atoms with Crippen LogP contribution < -0.4 is 10.2 Å². The third kappa shape index (κ3) is 4.02. The summed E-state index contributed by atoms with van der Waals surface area (Å²) >= 11 is 0. The van der Waals surface area contributed by atoms with Crippen molar-refractivity contribution in [1.82, 2.24) is 20.0 Å². The van der Waals surface area contributed by atoms with E-state index in [0.29, 0.717) is 18.3 Å². The molecule has 0 aliphatic carbocycles. The van der Waals surface area contributed by atoms with Gasteiger partial charge < -0.3 is 10.2 Å². The Kier molecular flexibility index (Phi) is 5.38. The second-order valence-electron chi connectivity index (χ2n) is 6.72. The molecule has 0 radical (unpaired) electrons. The molecule has 2 heterocycles. The third-order valence-electron chi connectivity index (χ3n) is 4.95. The highest BCUT2D eigenvalue weighted by Crippen LogP contribution is 2.16. The molecule has 1 atom stereocenters. The van der Waals surface area contributed by atoms with Gasteiger partial charge in [0, 0.05) is 51.5 Å². The fourth-order valence-corrected chi connectivity index (χ4v) is 3.39. The molecule has 6 nitrogen and oxygen atoms in total. The molecule has 1 aliphatic heterocycles. The Balaban J connectivity index is 1.48. The Bertz CT molecular complexity index is 684. The summed E-state index contributed by atoms with van der Waals surface area (Å²) < 4.78 is 1.63. The summed E-state index contributed by atoms with van der Waals surface area (Å²) in [5.41, 5.74) is 2.83. The zero-order valence-electron chi connectivity index (χ0n) is 15.3. The van der Waals surface area contributed by atoms with Gasteiger partial charge in [-0.1, -0.05) is 18.2 Å². The molecule has 0 bridgehead atoms. The summed E-state index contributed by atoms with van der Waals surface area (Å²) in [5.74, 6) is -0.0488. The van der Waals surface area contributed by atoms with E-state index in [9.17, 15) is 4.79 Å². The number of hydrogen-bond donors (Lipinski definition) is 1. The molecule has 6 heteroatoms. The second kappa shape index (κ2) is 7.70. The van der Waals surface area contributed by atoms with E-state index >= 15 is 0 Å². The Hall–Kier alpha value is -2.34. The molecule has 1 aromatic heterocycles. The van der Waals surface area contributed by atoms with Crippen molar-refractivity contribution in [3.8, 4) is 0 Å². The number of benzene rings is 1. The number of carbonyl (C=O) groups excluding carboxylic acids is 1. The van der Waals surface area contributed by atoms with E-state index in [-0.39, 0.29) is 5.91 Å². The monoisotopic (exact) mass is 341 g/mol. The van der Waals surface area contributed by atoms with Gasteiger partial charge >= 0.3 is 0 Å². The number of nitrogens with one attached hydrogen (secondary N) is 1. The van der Waals surface area contributed by atoms with Crippen molar-refractivity contribution >= 4 is 11.6 Å². The van der Waals surface area contributed by atoms with Gasteiger partial charge in [-0.15, -0.1) is 0 Å². The molecule has 1 saturated heterocycles. The predicted octanol–water partition coefficient (Wildman–Crippen LogP) is 1.67. The maximum atomic E-state index is 12.4. The van der Waals surface area contributed by atoms with Gasteiger partial charge in [-0.25, -0.2) is 0 Å². The summed E-state index contributed by atoms with van der Waals surface area (Å²) in [6.07, 6.45) is 1.72. The summed E-state index contributed by atoms with van der Waals surface area (Å²) in [4.78, 5) is 17.2. The molecule has 25 heavy (non-hydrogen) atoms. The van der Waals surface area contributed by atoms with Crippen LogP contribution in [0.1, 0.15) is 23.0 Å². The minimum Gasteiger partial charge on any atom is -0.369 e. The van der Waals surface area contributed by atoms with Crippen molar-refractivity contribution in [3.05, 3.63) is 47.8 Å². The largest absolute Gasteiger partial charge is 0.369 e. The van der Waals surface area contributed by atoms with Crippen LogP contribution in [0.4, 0.5) is 5.69 Å². The third-order valence-corrected chi connectivity index (χ3v) is 4.95. The highest BCUT2D eigenvalue weighted by molar-refractivity contribution is 5.93. The van der Waals surface area contributed by atoms with Crippen molar-refractivity contribution in [2.24, 2.45) is 7.05 Å². The lowest BCUT2D eigenvalue weighted by atomic mass is 10.2. The summed E-state index contributed by atoms with van der Waals surface area (Å²) in [6, 6.07) is 10.9. The number of anilines is 1. The Morgan fingerprint density at radius 1 is 1.20 bits per heavy atom. The number of aromatic nitrogens is 2. The van der Waals surface area contributed by atoms with Crippen LogP contribution in [0.25, 0.3) is 0 Å². The molecule has 134 valence electrons. The smallest absolute Gasteiger partial charge is 0.269 e. The van der Waals surface area contributed by atoms with Gasteiger partial charge in [0.05, 0.1) is 6.20 Å². The molecule has 3 rings (SSSR count). The Labute approximate surface area is 149 Å². The van der Waals surface area contributed by atoms with Crippen LogP contribution in [0.2, 0.25) is 0 Å². The number of amides is 1. The van der Waals surface area contributed by atoms with Crippen LogP contribution in [-0.4, -0.2) is 59.4 Å². The number of hydrogen-bond acceptors (Lipinski definition) is 4. The molecule has 1 amide bonds. The van der Waals surface area contributed by atoms with E-state index < -0.39 is 0 Å². The number of rotatable bonds is 5. The first-order chi connectivity index (χ1) is 12.1. The number of para-hydroxylation sites is 1. The molecule has 1 unspecified atom stereocenters. The first-order valence-corrected chi connectivity index (χ1v) is 8.87. The average Bonchev–Trinajstić information content (AvgIpc) is 2.99. The fraction of sp³-hybridized carbons (Fsp3) is 0.474. The van der Waals surface area contributed by atoms with Gasteiger partial charge in [-0.3, -0.25) is 14.4 Å². The highest BCUT2D eigenvalue weighted by Gasteiger charge is 2.22. The van der Waals surface area contributed by atoms with Gasteiger partial charge in [0.25, 0.3) is 5.91 Å². The topological polar surface area (TPSA) is 53.4 Å². The Morgan fingerprint density at radius 3 is 2.48 bits per heavy atom. The lowest BCUT2D eigenvalue weighted by Gasteiger charge is -2.39. The highest BCUT2D eigenvalue weighted by atomic mass is 16.2. The van der Waals surface area contributed by atoms with E-state index in [2.05, 4.69) is 57.5 Å².